The fourth-order valence-electron chi connectivity index (χ4n) is 2.59. The van der Waals surface area contributed by atoms with Gasteiger partial charge in [0.2, 0.25) is 0 Å². The lowest BCUT2D eigenvalue weighted by Gasteiger charge is -2.29. The number of benzene rings is 1. The molecule has 0 saturated carbocycles. The van der Waals surface area contributed by atoms with Crippen LogP contribution in [0.4, 0.5) is 0 Å². The minimum Gasteiger partial charge on any atom is -0.492 e. The van der Waals surface area contributed by atoms with Gasteiger partial charge in [0.1, 0.15) is 12.4 Å². The van der Waals surface area contributed by atoms with Crippen LogP contribution in [0.3, 0.4) is 0 Å². The summed E-state index contributed by atoms with van der Waals surface area (Å²) in [5.74, 6) is 0.944. The van der Waals surface area contributed by atoms with Gasteiger partial charge in [-0.3, -0.25) is 4.90 Å². The summed E-state index contributed by atoms with van der Waals surface area (Å²) in [5.41, 5.74) is 0. The quantitative estimate of drug-likeness (QED) is 0.824. The summed E-state index contributed by atoms with van der Waals surface area (Å²) in [7, 11) is 0. The van der Waals surface area contributed by atoms with Crippen LogP contribution < -0.4 is 10.1 Å². The Balaban J connectivity index is 1.68. The number of hydrogen-bond acceptors (Lipinski definition) is 3. The number of likely N-dealkylation sites (N-methyl/N-ethyl adjacent to an activating group) is 1. The highest BCUT2D eigenvalue weighted by molar-refractivity contribution is 9.10. The number of halogens is 1. The molecule has 1 N–H and O–H groups in total. The molecular weight excluding hydrogens is 316 g/mol. The first-order valence-corrected chi connectivity index (χ1v) is 8.41. The molecule has 1 aromatic carbocycles. The third-order valence-corrected chi connectivity index (χ3v) is 4.36. The summed E-state index contributed by atoms with van der Waals surface area (Å²) in [4.78, 5) is 2.47. The first-order chi connectivity index (χ1) is 9.78. The van der Waals surface area contributed by atoms with Crippen molar-refractivity contribution in [2.75, 3.05) is 32.8 Å². The number of nitrogens with zero attached hydrogens (tertiary/aromatic N) is 1. The lowest BCUT2D eigenvalue weighted by molar-refractivity contribution is 0.190. The maximum absolute atomic E-state index is 5.80. The second-order valence-electron chi connectivity index (χ2n) is 5.34. The second-order valence-corrected chi connectivity index (χ2v) is 6.26. The van der Waals surface area contributed by atoms with Gasteiger partial charge in [-0.15, -0.1) is 0 Å². The van der Waals surface area contributed by atoms with Gasteiger partial charge in [-0.25, -0.2) is 0 Å². The van der Waals surface area contributed by atoms with E-state index in [2.05, 4.69) is 33.1 Å². The van der Waals surface area contributed by atoms with Gasteiger partial charge in [0.15, 0.2) is 0 Å². The molecule has 1 aliphatic rings. The Kier molecular flexibility index (Phi) is 6.83. The van der Waals surface area contributed by atoms with Crippen LogP contribution in [-0.4, -0.2) is 43.7 Å². The Morgan fingerprint density at radius 3 is 2.75 bits per heavy atom. The van der Waals surface area contributed by atoms with Crippen LogP contribution in [0.2, 0.25) is 0 Å². The molecule has 1 aromatic rings. The van der Waals surface area contributed by atoms with Crippen LogP contribution in [0.25, 0.3) is 0 Å². The molecule has 0 spiro atoms. The summed E-state index contributed by atoms with van der Waals surface area (Å²) >= 11 is 3.43. The molecule has 20 heavy (non-hydrogen) atoms. The third-order valence-electron chi connectivity index (χ3n) is 3.83. The SMILES string of the molecule is CCN(CCOc1ccc(Br)cc1)CC1CCCCN1. The Hall–Kier alpha value is -0.580. The van der Waals surface area contributed by atoms with Gasteiger partial charge < -0.3 is 10.1 Å². The first-order valence-electron chi connectivity index (χ1n) is 7.62. The largest absolute Gasteiger partial charge is 0.492 e. The van der Waals surface area contributed by atoms with Gasteiger partial charge in [0.05, 0.1) is 0 Å². The minimum atomic E-state index is 0.663. The van der Waals surface area contributed by atoms with E-state index in [1.807, 2.05) is 24.3 Å². The van der Waals surface area contributed by atoms with Crippen molar-refractivity contribution in [3.63, 3.8) is 0 Å². The predicted molar refractivity (Wildman–Crippen MR) is 87.4 cm³/mol. The molecule has 1 fully saturated rings. The molecule has 1 unspecified atom stereocenters. The average molecular weight is 341 g/mol. The van der Waals surface area contributed by atoms with E-state index in [4.69, 9.17) is 4.74 Å². The van der Waals surface area contributed by atoms with Crippen LogP contribution in [0.15, 0.2) is 28.7 Å². The van der Waals surface area contributed by atoms with E-state index in [0.29, 0.717) is 6.04 Å². The topological polar surface area (TPSA) is 24.5 Å². The van der Waals surface area contributed by atoms with Gasteiger partial charge in [0, 0.05) is 23.6 Å². The molecular formula is C16H25BrN2O. The van der Waals surface area contributed by atoms with Crippen molar-refractivity contribution in [3.8, 4) is 5.75 Å². The minimum absolute atomic E-state index is 0.663. The van der Waals surface area contributed by atoms with Crippen LogP contribution in [0.5, 0.6) is 5.75 Å². The van der Waals surface area contributed by atoms with Crippen LogP contribution in [-0.2, 0) is 0 Å². The standard InChI is InChI=1S/C16H25BrN2O/c1-2-19(13-15-5-3-4-10-18-15)11-12-20-16-8-6-14(17)7-9-16/h6-9,15,18H,2-5,10-13H2,1H3. The lowest BCUT2D eigenvalue weighted by Crippen LogP contribution is -2.44. The molecule has 2 rings (SSSR count). The van der Waals surface area contributed by atoms with E-state index < -0.39 is 0 Å². The lowest BCUT2D eigenvalue weighted by atomic mass is 10.0. The second kappa shape index (κ2) is 8.65. The predicted octanol–water partition coefficient (Wildman–Crippen LogP) is 3.29. The van der Waals surface area contributed by atoms with Crippen molar-refractivity contribution in [3.05, 3.63) is 28.7 Å². The van der Waals surface area contributed by atoms with Gasteiger partial charge in [-0.1, -0.05) is 29.3 Å². The third kappa shape index (κ3) is 5.43. The molecule has 1 heterocycles. The van der Waals surface area contributed by atoms with Crippen molar-refractivity contribution in [1.82, 2.24) is 10.2 Å². The molecule has 4 heteroatoms. The highest BCUT2D eigenvalue weighted by atomic mass is 79.9. The molecule has 0 bridgehead atoms. The Morgan fingerprint density at radius 2 is 2.10 bits per heavy atom. The Bertz CT molecular complexity index is 377. The van der Waals surface area contributed by atoms with Crippen LogP contribution >= 0.6 is 15.9 Å². The molecule has 1 atom stereocenters. The van der Waals surface area contributed by atoms with Gasteiger partial charge >= 0.3 is 0 Å². The smallest absolute Gasteiger partial charge is 0.119 e. The van der Waals surface area contributed by atoms with Crippen molar-refractivity contribution in [1.29, 1.82) is 0 Å². The zero-order valence-corrected chi connectivity index (χ0v) is 13.9. The van der Waals surface area contributed by atoms with Gasteiger partial charge in [-0.05, 0) is 50.2 Å². The summed E-state index contributed by atoms with van der Waals surface area (Å²) in [6.45, 7) is 7.37. The fourth-order valence-corrected chi connectivity index (χ4v) is 2.86. The van der Waals surface area contributed by atoms with E-state index >= 15 is 0 Å². The van der Waals surface area contributed by atoms with Gasteiger partial charge in [-0.2, -0.15) is 0 Å². The maximum atomic E-state index is 5.80. The molecule has 1 aliphatic heterocycles. The normalized spacial score (nSPS) is 19.2. The summed E-state index contributed by atoms with van der Waals surface area (Å²) in [6, 6.07) is 8.69. The fraction of sp³-hybridized carbons (Fsp3) is 0.625. The molecule has 0 aliphatic carbocycles. The summed E-state index contributed by atoms with van der Waals surface area (Å²) in [6.07, 6.45) is 4.00. The first kappa shape index (κ1) is 15.8. The monoisotopic (exact) mass is 340 g/mol. The van der Waals surface area contributed by atoms with Crippen LogP contribution in [0.1, 0.15) is 26.2 Å². The molecule has 112 valence electrons. The van der Waals surface area contributed by atoms with Crippen molar-refractivity contribution < 1.29 is 4.74 Å². The average Bonchev–Trinajstić information content (AvgIpc) is 2.49. The van der Waals surface area contributed by atoms with E-state index in [0.717, 1.165) is 36.5 Å². The molecule has 3 nitrogen and oxygen atoms in total. The zero-order chi connectivity index (χ0) is 14.2. The molecule has 0 aromatic heterocycles. The molecule has 1 saturated heterocycles. The summed E-state index contributed by atoms with van der Waals surface area (Å²) in [5, 5.41) is 3.61. The number of nitrogens with one attached hydrogen (secondary N) is 1. The van der Waals surface area contributed by atoms with E-state index in [1.54, 1.807) is 0 Å². The Morgan fingerprint density at radius 1 is 1.30 bits per heavy atom. The van der Waals surface area contributed by atoms with Crippen molar-refractivity contribution in [2.45, 2.75) is 32.2 Å². The van der Waals surface area contributed by atoms with E-state index in [1.165, 1.54) is 25.8 Å². The molecule has 0 radical (unpaired) electrons. The number of rotatable bonds is 7. The molecule has 0 amide bonds. The maximum Gasteiger partial charge on any atom is 0.119 e. The number of ether oxygens (including phenoxy) is 1. The Labute approximate surface area is 130 Å². The van der Waals surface area contributed by atoms with E-state index in [9.17, 15) is 0 Å². The number of hydrogen-bond donors (Lipinski definition) is 1. The highest BCUT2D eigenvalue weighted by Crippen LogP contribution is 2.16. The summed E-state index contributed by atoms with van der Waals surface area (Å²) < 4.78 is 6.89. The van der Waals surface area contributed by atoms with Crippen LogP contribution in [0, 0.1) is 0 Å². The zero-order valence-electron chi connectivity index (χ0n) is 12.3. The van der Waals surface area contributed by atoms with Crippen molar-refractivity contribution >= 4 is 15.9 Å². The van der Waals surface area contributed by atoms with Gasteiger partial charge in [0.25, 0.3) is 0 Å². The highest BCUT2D eigenvalue weighted by Gasteiger charge is 2.15. The number of piperidine rings is 1. The van der Waals surface area contributed by atoms with E-state index in [-0.39, 0.29) is 0 Å². The van der Waals surface area contributed by atoms with Crippen molar-refractivity contribution in [2.24, 2.45) is 0 Å².